The second-order valence-corrected chi connectivity index (χ2v) is 4.37. The van der Waals surface area contributed by atoms with E-state index in [2.05, 4.69) is 0 Å². The number of fused-ring (bicyclic) bond motifs is 1. The van der Waals surface area contributed by atoms with Crippen LogP contribution in [0.2, 0.25) is 0 Å². The maximum Gasteiger partial charge on any atom is 0.196 e. The van der Waals surface area contributed by atoms with Gasteiger partial charge >= 0.3 is 0 Å². The first-order valence-corrected chi connectivity index (χ1v) is 5.90. The molecule has 0 atom stereocenters. The van der Waals surface area contributed by atoms with E-state index in [-0.39, 0.29) is 5.56 Å². The Hall–Kier alpha value is -2.23. The zero-order valence-electron chi connectivity index (χ0n) is 9.95. The summed E-state index contributed by atoms with van der Waals surface area (Å²) < 4.78 is 32.0. The molecule has 0 bridgehead atoms. The van der Waals surface area contributed by atoms with Gasteiger partial charge in [0, 0.05) is 12.0 Å². The fraction of sp³-hybridized carbons (Fsp3) is 0.133. The van der Waals surface area contributed by atoms with Gasteiger partial charge in [-0.25, -0.2) is 8.78 Å². The molecule has 2 aromatic rings. The molecule has 0 fully saturated rings. The van der Waals surface area contributed by atoms with Gasteiger partial charge in [0.15, 0.2) is 5.78 Å². The standard InChI is InChI=1S/C15H10F2O2/c16-11-2-3-13(17)12(8-11)15(18)10-1-4-14-9(7-10)5-6-19-14/h1-4,7-8H,5-6H2. The molecular formula is C15H10F2O2. The second kappa shape index (κ2) is 4.46. The predicted octanol–water partition coefficient (Wildman–Crippen LogP) is 3.13. The maximum absolute atomic E-state index is 13.6. The van der Waals surface area contributed by atoms with Gasteiger partial charge in [0.2, 0.25) is 0 Å². The number of benzene rings is 2. The molecule has 3 rings (SSSR count). The summed E-state index contributed by atoms with van der Waals surface area (Å²) in [5, 5.41) is 0. The van der Waals surface area contributed by atoms with Gasteiger partial charge in [-0.1, -0.05) is 0 Å². The van der Waals surface area contributed by atoms with E-state index < -0.39 is 17.4 Å². The number of carbonyl (C=O) groups excluding carboxylic acids is 1. The van der Waals surface area contributed by atoms with Crippen LogP contribution in [0.3, 0.4) is 0 Å². The molecule has 1 aliphatic rings. The molecule has 0 aliphatic carbocycles. The van der Waals surface area contributed by atoms with Crippen LogP contribution in [0, 0.1) is 11.6 Å². The number of carbonyl (C=O) groups is 1. The highest BCUT2D eigenvalue weighted by Gasteiger charge is 2.18. The Morgan fingerprint density at radius 1 is 1.11 bits per heavy atom. The van der Waals surface area contributed by atoms with Crippen molar-refractivity contribution < 1.29 is 18.3 Å². The minimum absolute atomic E-state index is 0.251. The lowest BCUT2D eigenvalue weighted by Gasteiger charge is -2.05. The van der Waals surface area contributed by atoms with Crippen molar-refractivity contribution in [3.05, 3.63) is 64.7 Å². The molecule has 2 nitrogen and oxygen atoms in total. The van der Waals surface area contributed by atoms with Gasteiger partial charge in [-0.15, -0.1) is 0 Å². The summed E-state index contributed by atoms with van der Waals surface area (Å²) in [6.45, 7) is 0.585. The Bertz CT molecular complexity index is 665. The first-order chi connectivity index (χ1) is 9.15. The molecule has 2 aromatic carbocycles. The maximum atomic E-state index is 13.6. The van der Waals surface area contributed by atoms with Crippen molar-refractivity contribution in [3.63, 3.8) is 0 Å². The smallest absolute Gasteiger partial charge is 0.196 e. The summed E-state index contributed by atoms with van der Waals surface area (Å²) >= 11 is 0. The van der Waals surface area contributed by atoms with Gasteiger partial charge in [-0.05, 0) is 42.0 Å². The van der Waals surface area contributed by atoms with Gasteiger partial charge in [0.05, 0.1) is 12.2 Å². The highest BCUT2D eigenvalue weighted by atomic mass is 19.1. The second-order valence-electron chi connectivity index (χ2n) is 4.37. The third-order valence-electron chi connectivity index (χ3n) is 3.12. The summed E-state index contributed by atoms with van der Waals surface area (Å²) in [6.07, 6.45) is 0.724. The molecule has 0 amide bonds. The number of rotatable bonds is 2. The molecule has 1 heterocycles. The van der Waals surface area contributed by atoms with Gasteiger partial charge in [-0.2, -0.15) is 0 Å². The van der Waals surface area contributed by atoms with Gasteiger partial charge < -0.3 is 4.74 Å². The number of hydrogen-bond acceptors (Lipinski definition) is 2. The molecule has 1 aliphatic heterocycles. The number of ketones is 1. The van der Waals surface area contributed by atoms with Crippen LogP contribution in [-0.4, -0.2) is 12.4 Å². The van der Waals surface area contributed by atoms with Crippen LogP contribution in [0.4, 0.5) is 8.78 Å². The molecule has 4 heteroatoms. The first kappa shape index (κ1) is 11.8. The van der Waals surface area contributed by atoms with Crippen molar-refractivity contribution >= 4 is 5.78 Å². The van der Waals surface area contributed by atoms with Crippen LogP contribution in [-0.2, 0) is 6.42 Å². The average Bonchev–Trinajstić information content (AvgIpc) is 2.88. The molecule has 96 valence electrons. The van der Waals surface area contributed by atoms with Crippen LogP contribution in [0.1, 0.15) is 21.5 Å². The monoisotopic (exact) mass is 260 g/mol. The molecule has 0 aromatic heterocycles. The lowest BCUT2D eigenvalue weighted by molar-refractivity contribution is 0.103. The zero-order valence-corrected chi connectivity index (χ0v) is 9.95. The Labute approximate surface area is 108 Å². The van der Waals surface area contributed by atoms with E-state index in [4.69, 9.17) is 4.74 Å². The topological polar surface area (TPSA) is 26.3 Å². The number of hydrogen-bond donors (Lipinski definition) is 0. The molecule has 0 saturated carbocycles. The van der Waals surface area contributed by atoms with Crippen LogP contribution >= 0.6 is 0 Å². The molecule has 0 N–H and O–H groups in total. The molecule has 0 spiro atoms. The highest BCUT2D eigenvalue weighted by Crippen LogP contribution is 2.27. The van der Waals surface area contributed by atoms with Gasteiger partial charge in [0.1, 0.15) is 17.4 Å². The molecule has 19 heavy (non-hydrogen) atoms. The van der Waals surface area contributed by atoms with Gasteiger partial charge in [-0.3, -0.25) is 4.79 Å². The summed E-state index contributed by atoms with van der Waals surface area (Å²) in [6, 6.07) is 7.79. The predicted molar refractivity (Wildman–Crippen MR) is 65.4 cm³/mol. The molecule has 0 saturated heterocycles. The van der Waals surface area contributed by atoms with Crippen molar-refractivity contribution in [1.29, 1.82) is 0 Å². The van der Waals surface area contributed by atoms with Crippen molar-refractivity contribution in [1.82, 2.24) is 0 Å². The molecule has 0 radical (unpaired) electrons. The van der Waals surface area contributed by atoms with E-state index in [0.717, 1.165) is 35.9 Å². The Morgan fingerprint density at radius 2 is 1.95 bits per heavy atom. The largest absolute Gasteiger partial charge is 0.493 e. The van der Waals surface area contributed by atoms with Crippen molar-refractivity contribution in [2.24, 2.45) is 0 Å². The van der Waals surface area contributed by atoms with Crippen LogP contribution in [0.5, 0.6) is 5.75 Å². The number of ether oxygens (including phenoxy) is 1. The SMILES string of the molecule is O=C(c1ccc2c(c1)CCO2)c1cc(F)ccc1F. The van der Waals surface area contributed by atoms with Crippen LogP contribution in [0.25, 0.3) is 0 Å². The zero-order chi connectivity index (χ0) is 13.4. The van der Waals surface area contributed by atoms with Crippen molar-refractivity contribution in [3.8, 4) is 5.75 Å². The summed E-state index contributed by atoms with van der Waals surface area (Å²) in [7, 11) is 0. The minimum Gasteiger partial charge on any atom is -0.493 e. The van der Waals surface area contributed by atoms with Crippen molar-refractivity contribution in [2.75, 3.05) is 6.61 Å². The molecule has 0 unspecified atom stereocenters. The van der Waals surface area contributed by atoms with E-state index in [1.807, 2.05) is 0 Å². The quantitative estimate of drug-likeness (QED) is 0.775. The van der Waals surface area contributed by atoms with E-state index in [1.165, 1.54) is 0 Å². The van der Waals surface area contributed by atoms with E-state index in [9.17, 15) is 13.6 Å². The Kier molecular flexibility index (Phi) is 2.78. The normalized spacial score (nSPS) is 12.9. The fourth-order valence-corrected chi connectivity index (χ4v) is 2.15. The van der Waals surface area contributed by atoms with E-state index in [0.29, 0.717) is 12.2 Å². The lowest BCUT2D eigenvalue weighted by Crippen LogP contribution is -2.05. The fourth-order valence-electron chi connectivity index (χ4n) is 2.15. The Balaban J connectivity index is 2.02. The van der Waals surface area contributed by atoms with Crippen molar-refractivity contribution in [2.45, 2.75) is 6.42 Å². The minimum atomic E-state index is -0.719. The van der Waals surface area contributed by atoms with E-state index in [1.54, 1.807) is 18.2 Å². The van der Waals surface area contributed by atoms with Gasteiger partial charge in [0.25, 0.3) is 0 Å². The van der Waals surface area contributed by atoms with Crippen LogP contribution in [0.15, 0.2) is 36.4 Å². The first-order valence-electron chi connectivity index (χ1n) is 5.90. The Morgan fingerprint density at radius 3 is 2.79 bits per heavy atom. The third kappa shape index (κ3) is 2.10. The third-order valence-corrected chi connectivity index (χ3v) is 3.12. The highest BCUT2D eigenvalue weighted by molar-refractivity contribution is 6.09. The van der Waals surface area contributed by atoms with Crippen LogP contribution < -0.4 is 4.74 Å². The summed E-state index contributed by atoms with van der Waals surface area (Å²) in [5.74, 6) is -1.12. The summed E-state index contributed by atoms with van der Waals surface area (Å²) in [4.78, 5) is 12.2. The lowest BCUT2D eigenvalue weighted by atomic mass is 10.00. The number of halogens is 2. The average molecular weight is 260 g/mol. The summed E-state index contributed by atoms with van der Waals surface area (Å²) in [5.41, 5.74) is 1.01. The molecular weight excluding hydrogens is 250 g/mol. The van der Waals surface area contributed by atoms with E-state index >= 15 is 0 Å².